The molecule has 0 aromatic heterocycles. The van der Waals surface area contributed by atoms with Crippen LogP contribution in [0.25, 0.3) is 0 Å². The molecule has 0 saturated carbocycles. The van der Waals surface area contributed by atoms with Crippen LogP contribution in [0.2, 0.25) is 0 Å². The van der Waals surface area contributed by atoms with E-state index in [1.807, 2.05) is 12.1 Å². The second-order valence-corrected chi connectivity index (χ2v) is 10.6. The minimum Gasteiger partial charge on any atom is -0.496 e. The van der Waals surface area contributed by atoms with Crippen LogP contribution < -0.4 is 47.8 Å². The van der Waals surface area contributed by atoms with E-state index in [0.29, 0.717) is 71.9 Å². The molecule has 0 fully saturated rings. The third-order valence-electron chi connectivity index (χ3n) is 4.66. The van der Waals surface area contributed by atoms with E-state index < -0.39 is 0 Å². The van der Waals surface area contributed by atoms with Crippen LogP contribution in [-0.4, -0.2) is 39.6 Å². The van der Waals surface area contributed by atoms with Crippen LogP contribution in [0, 0.1) is 17.8 Å². The molecule has 0 radical (unpaired) electrons. The number of hydrogen-bond donors (Lipinski definition) is 0. The molecule has 0 amide bonds. The largest absolute Gasteiger partial charge is 1.00 e. The number of ether oxygens (including phenoxy) is 5. The maximum Gasteiger partial charge on any atom is 1.00 e. The number of carbonyl (C=O) groups excluding carboxylic acids is 1. The molecule has 0 spiro atoms. The van der Waals surface area contributed by atoms with Gasteiger partial charge in [0.1, 0.15) is 34.3 Å². The van der Waals surface area contributed by atoms with Crippen LogP contribution in [-0.2, 0) is 0 Å². The maximum absolute atomic E-state index is 13.6. The van der Waals surface area contributed by atoms with E-state index in [1.165, 1.54) is 0 Å². The molecule has 6 nitrogen and oxygen atoms in total. The van der Waals surface area contributed by atoms with Crippen molar-refractivity contribution >= 4 is 19.4 Å². The zero-order chi connectivity index (χ0) is 25.3. The Labute approximate surface area is 224 Å². The first-order valence-electron chi connectivity index (χ1n) is 11.7. The second-order valence-electron chi connectivity index (χ2n) is 9.40. The molecule has 2 aromatic carbocycles. The Balaban J connectivity index is 0.00000612. The van der Waals surface area contributed by atoms with E-state index in [2.05, 4.69) is 41.5 Å². The number of rotatable bonds is 14. The van der Waals surface area contributed by atoms with Crippen molar-refractivity contribution in [3.05, 3.63) is 35.9 Å². The maximum atomic E-state index is 13.6. The van der Waals surface area contributed by atoms with Crippen LogP contribution in [0.3, 0.4) is 0 Å². The fourth-order valence-electron chi connectivity index (χ4n) is 3.03. The third kappa shape index (κ3) is 9.60. The molecule has 0 heterocycles. The normalized spacial score (nSPS) is 11.2. The van der Waals surface area contributed by atoms with Gasteiger partial charge in [-0.15, -0.1) is 0 Å². The topological polar surface area (TPSA) is 63.2 Å². The molecule has 35 heavy (non-hydrogen) atoms. The van der Waals surface area contributed by atoms with Gasteiger partial charge in [0.25, 0.3) is 0 Å². The van der Waals surface area contributed by atoms with Gasteiger partial charge < -0.3 is 23.7 Å². The van der Waals surface area contributed by atoms with Gasteiger partial charge in [-0.2, -0.15) is 0 Å². The van der Waals surface area contributed by atoms with Gasteiger partial charge in [0.2, 0.25) is 0 Å². The summed E-state index contributed by atoms with van der Waals surface area (Å²) in [5.74, 6) is 3.85. The molecular weight excluding hydrogens is 458 g/mol. The van der Waals surface area contributed by atoms with Crippen molar-refractivity contribution in [2.24, 2.45) is 17.8 Å². The zero-order valence-electron chi connectivity index (χ0n) is 22.7. The number of carbonyl (C=O) groups is 1. The molecule has 2 rings (SSSR count). The van der Waals surface area contributed by atoms with Gasteiger partial charge in [0.05, 0.1) is 39.3 Å². The van der Waals surface area contributed by atoms with Gasteiger partial charge in [-0.3, -0.25) is 4.79 Å². The van der Waals surface area contributed by atoms with E-state index in [-0.39, 0.29) is 33.0 Å². The Kier molecular flexibility index (Phi) is 13.6. The zero-order valence-corrected chi connectivity index (χ0v) is 23.7. The smallest absolute Gasteiger partial charge is 0.496 e. The molecule has 0 aliphatic carbocycles. The molecule has 0 saturated heterocycles. The first-order chi connectivity index (χ1) is 16.2. The summed E-state index contributed by atoms with van der Waals surface area (Å²) in [6, 6.07) is 9.04. The predicted molar refractivity (Wildman–Crippen MR) is 139 cm³/mol. The summed E-state index contributed by atoms with van der Waals surface area (Å²) in [7, 11) is 2.84. The first kappa shape index (κ1) is 31.2. The Hall–Kier alpha value is -1.86. The molecule has 0 aliphatic rings. The summed E-state index contributed by atoms with van der Waals surface area (Å²) in [5.41, 5.74) is 0.296. The summed E-state index contributed by atoms with van der Waals surface area (Å²) in [4.78, 5) is 13.6. The summed E-state index contributed by atoms with van der Waals surface area (Å²) in [6.45, 7) is 14.1. The summed E-state index contributed by atoms with van der Waals surface area (Å²) in [5, 5.41) is 0.719. The Morgan fingerprint density at radius 1 is 0.743 bits per heavy atom. The molecule has 8 heteroatoms. The van der Waals surface area contributed by atoms with Crippen molar-refractivity contribution in [1.29, 1.82) is 0 Å². The van der Waals surface area contributed by atoms with Crippen molar-refractivity contribution in [3.63, 3.8) is 0 Å². The summed E-state index contributed by atoms with van der Waals surface area (Å²) >= 11 is 0. The van der Waals surface area contributed by atoms with Gasteiger partial charge in [0, 0.05) is 12.1 Å². The van der Waals surface area contributed by atoms with Crippen LogP contribution in [0.4, 0.5) is 0 Å². The Bertz CT molecular complexity index is 890. The SMILES string of the molecule is COc1cccc(OC)c1C(=O)Pc1c(OCC(C)C)cc(OCC(C)C)cc1OCC(C)C.[Li+]. The fraction of sp³-hybridized carbons (Fsp3) is 0.519. The predicted octanol–water partition coefficient (Wildman–Crippen LogP) is 2.96. The standard InChI is InChI=1S/C27H39O6P.Li/c1-17(2)14-31-20-12-23(32-15-18(3)4)26(24(13-20)33-16-19(5)6)34-27(28)25-21(29-7)10-9-11-22(25)30-8;/h9-13,17-19,34H,14-16H2,1-8H3;/q;+1. The molecule has 1 unspecified atom stereocenters. The minimum atomic E-state index is -0.252. The van der Waals surface area contributed by atoms with Gasteiger partial charge in [-0.05, 0) is 38.5 Å². The van der Waals surface area contributed by atoms with E-state index in [4.69, 9.17) is 23.7 Å². The van der Waals surface area contributed by atoms with Crippen LogP contribution in [0.5, 0.6) is 28.7 Å². The number of methoxy groups -OCH3 is 2. The molecule has 0 aliphatic heterocycles. The summed E-state index contributed by atoms with van der Waals surface area (Å²) in [6.07, 6.45) is 0. The van der Waals surface area contributed by atoms with Crippen LogP contribution in [0.1, 0.15) is 51.9 Å². The Morgan fingerprint density at radius 2 is 1.17 bits per heavy atom. The average Bonchev–Trinajstić information content (AvgIpc) is 2.80. The second kappa shape index (κ2) is 15.3. The first-order valence-corrected chi connectivity index (χ1v) is 12.7. The molecule has 188 valence electrons. The molecule has 1 atom stereocenters. The minimum absolute atomic E-state index is 0. The van der Waals surface area contributed by atoms with E-state index in [0.717, 1.165) is 5.30 Å². The average molecular weight is 498 g/mol. The molecule has 2 aromatic rings. The number of hydrogen-bond acceptors (Lipinski definition) is 6. The Morgan fingerprint density at radius 3 is 1.57 bits per heavy atom. The van der Waals surface area contributed by atoms with Crippen LogP contribution in [0.15, 0.2) is 30.3 Å². The van der Waals surface area contributed by atoms with Gasteiger partial charge >= 0.3 is 18.9 Å². The van der Waals surface area contributed by atoms with E-state index >= 15 is 0 Å². The van der Waals surface area contributed by atoms with Gasteiger partial charge in [0.15, 0.2) is 5.52 Å². The van der Waals surface area contributed by atoms with Crippen LogP contribution >= 0.6 is 8.58 Å². The van der Waals surface area contributed by atoms with Crippen molar-refractivity contribution < 1.29 is 47.3 Å². The monoisotopic (exact) mass is 497 g/mol. The summed E-state index contributed by atoms with van der Waals surface area (Å²) < 4.78 is 29.3. The quantitative estimate of drug-likeness (QED) is 0.296. The van der Waals surface area contributed by atoms with Crippen molar-refractivity contribution in [2.75, 3.05) is 34.0 Å². The number of benzene rings is 2. The molecule has 0 N–H and O–H groups in total. The van der Waals surface area contributed by atoms with Crippen molar-refractivity contribution in [1.82, 2.24) is 0 Å². The molecular formula is C27H39LiO6P+. The fourth-order valence-corrected chi connectivity index (χ4v) is 4.16. The van der Waals surface area contributed by atoms with E-state index in [1.54, 1.807) is 32.4 Å². The van der Waals surface area contributed by atoms with Crippen molar-refractivity contribution in [2.45, 2.75) is 41.5 Å². The van der Waals surface area contributed by atoms with Gasteiger partial charge in [-0.25, -0.2) is 0 Å². The third-order valence-corrected chi connectivity index (χ3v) is 5.88. The van der Waals surface area contributed by atoms with Gasteiger partial charge in [-0.1, -0.05) is 47.6 Å². The van der Waals surface area contributed by atoms with E-state index in [9.17, 15) is 4.79 Å². The molecule has 0 bridgehead atoms. The van der Waals surface area contributed by atoms with Crippen molar-refractivity contribution in [3.8, 4) is 28.7 Å².